The van der Waals surface area contributed by atoms with E-state index in [1.807, 2.05) is 42.5 Å². The van der Waals surface area contributed by atoms with Gasteiger partial charge in [-0.1, -0.05) is 36.4 Å². The molecule has 1 aliphatic heterocycles. The van der Waals surface area contributed by atoms with Gasteiger partial charge in [-0.05, 0) is 24.6 Å². The molecule has 1 saturated heterocycles. The molecule has 1 N–H and O–H groups in total. The Kier molecular flexibility index (Phi) is 5.38. The normalized spacial score (nSPS) is 18.2. The van der Waals surface area contributed by atoms with Crippen molar-refractivity contribution >= 4 is 5.69 Å². The highest BCUT2D eigenvalue weighted by atomic mass is 16.5. The molecular weight excluding hydrogens is 300 g/mol. The summed E-state index contributed by atoms with van der Waals surface area (Å²) >= 11 is 0. The number of benzene rings is 2. The van der Waals surface area contributed by atoms with Crippen molar-refractivity contribution in [3.8, 4) is 5.75 Å². The summed E-state index contributed by atoms with van der Waals surface area (Å²) in [6.45, 7) is 5.92. The van der Waals surface area contributed by atoms with E-state index >= 15 is 0 Å². The summed E-state index contributed by atoms with van der Waals surface area (Å²) in [7, 11) is 1.70. The number of hydrogen-bond acceptors (Lipinski definition) is 4. The fourth-order valence-electron chi connectivity index (χ4n) is 3.32. The van der Waals surface area contributed by atoms with Crippen LogP contribution in [0.15, 0.2) is 54.6 Å². The Morgan fingerprint density at radius 2 is 1.67 bits per heavy atom. The predicted molar refractivity (Wildman–Crippen MR) is 97.6 cm³/mol. The van der Waals surface area contributed by atoms with E-state index in [1.54, 1.807) is 7.11 Å². The minimum absolute atomic E-state index is 0.111. The van der Waals surface area contributed by atoms with E-state index in [1.165, 1.54) is 5.69 Å². The average molecular weight is 326 g/mol. The summed E-state index contributed by atoms with van der Waals surface area (Å²) in [6, 6.07) is 18.2. The van der Waals surface area contributed by atoms with Crippen molar-refractivity contribution in [2.45, 2.75) is 19.1 Å². The Balaban J connectivity index is 1.60. The zero-order chi connectivity index (χ0) is 16.9. The Bertz CT molecular complexity index is 639. The third-order valence-corrected chi connectivity index (χ3v) is 4.91. The van der Waals surface area contributed by atoms with Gasteiger partial charge in [0.05, 0.1) is 13.2 Å². The van der Waals surface area contributed by atoms with Crippen LogP contribution in [-0.2, 0) is 0 Å². The van der Waals surface area contributed by atoms with E-state index in [9.17, 15) is 5.11 Å². The lowest BCUT2D eigenvalue weighted by atomic mass is 10.0. The van der Waals surface area contributed by atoms with Crippen LogP contribution in [0.25, 0.3) is 0 Å². The second-order valence-corrected chi connectivity index (χ2v) is 6.32. The fraction of sp³-hybridized carbons (Fsp3) is 0.400. The van der Waals surface area contributed by atoms with Gasteiger partial charge in [-0.25, -0.2) is 0 Å². The van der Waals surface area contributed by atoms with E-state index in [0.717, 1.165) is 37.5 Å². The number of anilines is 1. The molecule has 0 amide bonds. The van der Waals surface area contributed by atoms with Crippen LogP contribution >= 0.6 is 0 Å². The Labute approximate surface area is 144 Å². The van der Waals surface area contributed by atoms with Crippen molar-refractivity contribution in [3.05, 3.63) is 60.2 Å². The van der Waals surface area contributed by atoms with Crippen molar-refractivity contribution in [3.63, 3.8) is 0 Å². The van der Waals surface area contributed by atoms with Gasteiger partial charge >= 0.3 is 0 Å². The number of aliphatic hydroxyl groups is 1. The maximum Gasteiger partial charge on any atom is 0.120 e. The summed E-state index contributed by atoms with van der Waals surface area (Å²) in [5, 5.41) is 10.6. The quantitative estimate of drug-likeness (QED) is 0.916. The summed E-state index contributed by atoms with van der Waals surface area (Å²) < 4.78 is 5.32. The largest absolute Gasteiger partial charge is 0.497 e. The zero-order valence-corrected chi connectivity index (χ0v) is 14.4. The van der Waals surface area contributed by atoms with Crippen LogP contribution in [0.3, 0.4) is 0 Å². The number of aliphatic hydroxyl groups excluding tert-OH is 1. The summed E-state index contributed by atoms with van der Waals surface area (Å²) in [5.74, 6) is 0.891. The summed E-state index contributed by atoms with van der Waals surface area (Å²) in [6.07, 6.45) is -0.449. The standard InChI is InChI=1S/C20H26N2O2/c1-16(20(23)17-7-4-3-5-8-17)21-11-13-22(14-12-21)18-9-6-10-19(15-18)24-2/h3-10,15-16,20,23H,11-14H2,1-2H3. The molecule has 0 spiro atoms. The Morgan fingerprint density at radius 1 is 0.958 bits per heavy atom. The molecule has 0 saturated carbocycles. The van der Waals surface area contributed by atoms with Crippen LogP contribution in [0.4, 0.5) is 5.69 Å². The number of methoxy groups -OCH3 is 1. The van der Waals surface area contributed by atoms with Gasteiger partial charge in [-0.2, -0.15) is 0 Å². The molecule has 4 heteroatoms. The summed E-state index contributed by atoms with van der Waals surface area (Å²) in [5.41, 5.74) is 2.19. The molecule has 1 heterocycles. The van der Waals surface area contributed by atoms with Gasteiger partial charge in [0.1, 0.15) is 5.75 Å². The average Bonchev–Trinajstić information content (AvgIpc) is 2.67. The maximum atomic E-state index is 10.6. The molecule has 4 nitrogen and oxygen atoms in total. The Morgan fingerprint density at radius 3 is 2.33 bits per heavy atom. The molecule has 2 aromatic rings. The van der Waals surface area contributed by atoms with Gasteiger partial charge in [-0.3, -0.25) is 4.90 Å². The molecule has 0 bridgehead atoms. The van der Waals surface area contributed by atoms with Crippen LogP contribution in [-0.4, -0.2) is 49.3 Å². The third kappa shape index (κ3) is 3.71. The highest BCUT2D eigenvalue weighted by Crippen LogP contribution is 2.25. The van der Waals surface area contributed by atoms with Crippen molar-refractivity contribution in [2.75, 3.05) is 38.2 Å². The second kappa shape index (κ2) is 7.69. The molecule has 128 valence electrons. The van der Waals surface area contributed by atoms with Gasteiger partial charge < -0.3 is 14.7 Å². The Hall–Kier alpha value is -2.04. The van der Waals surface area contributed by atoms with E-state index in [2.05, 4.69) is 28.9 Å². The molecule has 2 unspecified atom stereocenters. The first-order valence-electron chi connectivity index (χ1n) is 8.55. The lowest BCUT2D eigenvalue weighted by Crippen LogP contribution is -2.51. The van der Waals surface area contributed by atoms with E-state index in [0.29, 0.717) is 0 Å². The van der Waals surface area contributed by atoms with Crippen molar-refractivity contribution in [1.29, 1.82) is 0 Å². The van der Waals surface area contributed by atoms with Gasteiger partial charge in [0.25, 0.3) is 0 Å². The number of rotatable bonds is 5. The van der Waals surface area contributed by atoms with Crippen molar-refractivity contribution < 1.29 is 9.84 Å². The third-order valence-electron chi connectivity index (χ3n) is 4.91. The molecule has 24 heavy (non-hydrogen) atoms. The first-order valence-corrected chi connectivity index (χ1v) is 8.55. The monoisotopic (exact) mass is 326 g/mol. The lowest BCUT2D eigenvalue weighted by molar-refractivity contribution is 0.0546. The highest BCUT2D eigenvalue weighted by Gasteiger charge is 2.26. The van der Waals surface area contributed by atoms with Crippen LogP contribution in [0.1, 0.15) is 18.6 Å². The minimum Gasteiger partial charge on any atom is -0.497 e. The van der Waals surface area contributed by atoms with Gasteiger partial charge in [0, 0.05) is 44.0 Å². The van der Waals surface area contributed by atoms with Crippen LogP contribution in [0.5, 0.6) is 5.75 Å². The molecule has 0 aromatic heterocycles. The molecule has 3 rings (SSSR count). The van der Waals surface area contributed by atoms with Crippen LogP contribution in [0, 0.1) is 0 Å². The molecular formula is C20H26N2O2. The number of ether oxygens (including phenoxy) is 1. The van der Waals surface area contributed by atoms with E-state index < -0.39 is 6.10 Å². The summed E-state index contributed by atoms with van der Waals surface area (Å²) in [4.78, 5) is 4.75. The zero-order valence-electron chi connectivity index (χ0n) is 14.4. The van der Waals surface area contributed by atoms with E-state index in [4.69, 9.17) is 4.74 Å². The molecule has 1 aliphatic rings. The maximum absolute atomic E-state index is 10.6. The smallest absolute Gasteiger partial charge is 0.120 e. The minimum atomic E-state index is -0.449. The first kappa shape index (κ1) is 16.8. The fourth-order valence-corrected chi connectivity index (χ4v) is 3.32. The van der Waals surface area contributed by atoms with Crippen LogP contribution in [0.2, 0.25) is 0 Å². The van der Waals surface area contributed by atoms with Gasteiger partial charge in [0.2, 0.25) is 0 Å². The SMILES string of the molecule is COc1cccc(N2CCN(C(C)C(O)c3ccccc3)CC2)c1. The lowest BCUT2D eigenvalue weighted by Gasteiger charge is -2.40. The highest BCUT2D eigenvalue weighted by molar-refractivity contribution is 5.51. The predicted octanol–water partition coefficient (Wildman–Crippen LogP) is 2.94. The molecule has 2 atom stereocenters. The molecule has 2 aromatic carbocycles. The van der Waals surface area contributed by atoms with E-state index in [-0.39, 0.29) is 6.04 Å². The van der Waals surface area contributed by atoms with Crippen molar-refractivity contribution in [1.82, 2.24) is 4.90 Å². The van der Waals surface area contributed by atoms with Gasteiger partial charge in [0.15, 0.2) is 0 Å². The first-order chi connectivity index (χ1) is 11.7. The number of nitrogens with zero attached hydrogens (tertiary/aromatic N) is 2. The second-order valence-electron chi connectivity index (χ2n) is 6.32. The number of piperazine rings is 1. The van der Waals surface area contributed by atoms with Crippen LogP contribution < -0.4 is 9.64 Å². The number of hydrogen-bond donors (Lipinski definition) is 1. The molecule has 0 radical (unpaired) electrons. The topological polar surface area (TPSA) is 35.9 Å². The van der Waals surface area contributed by atoms with Crippen molar-refractivity contribution in [2.24, 2.45) is 0 Å². The van der Waals surface area contributed by atoms with Gasteiger partial charge in [-0.15, -0.1) is 0 Å². The molecule has 0 aliphatic carbocycles. The molecule has 1 fully saturated rings.